The number of benzene rings is 1. The average Bonchev–Trinajstić information content (AvgIpc) is 3.35. The molecule has 1 aliphatic carbocycles. The lowest BCUT2D eigenvalue weighted by atomic mass is 10.00. The number of ether oxygens (including phenoxy) is 1. The number of carbonyl (C=O) groups excluding carboxylic acids is 2. The van der Waals surface area contributed by atoms with E-state index in [1.165, 1.54) is 7.11 Å². The molecule has 1 aromatic carbocycles. The Hall–Kier alpha value is -2.04. The van der Waals surface area contributed by atoms with Crippen LogP contribution in [0.15, 0.2) is 30.3 Å². The van der Waals surface area contributed by atoms with Crippen LogP contribution in [0.4, 0.5) is 4.79 Å². The van der Waals surface area contributed by atoms with Gasteiger partial charge in [0.15, 0.2) is 0 Å². The number of rotatable bonds is 3. The molecule has 1 N–H and O–H groups in total. The van der Waals surface area contributed by atoms with Gasteiger partial charge in [0.1, 0.15) is 6.04 Å². The molecule has 0 bridgehead atoms. The van der Waals surface area contributed by atoms with Crippen LogP contribution in [-0.4, -0.2) is 36.6 Å². The van der Waals surface area contributed by atoms with Gasteiger partial charge in [-0.15, -0.1) is 0 Å². The van der Waals surface area contributed by atoms with Gasteiger partial charge >= 0.3 is 6.09 Å². The molecule has 1 aliphatic heterocycles. The van der Waals surface area contributed by atoms with Crippen molar-refractivity contribution in [1.29, 1.82) is 0 Å². The number of carbonyl (C=O) groups is 2. The first-order chi connectivity index (χ1) is 10.7. The van der Waals surface area contributed by atoms with Crippen LogP contribution in [0.3, 0.4) is 0 Å². The monoisotopic (exact) mass is 302 g/mol. The van der Waals surface area contributed by atoms with Crippen molar-refractivity contribution in [2.45, 2.75) is 43.7 Å². The predicted molar refractivity (Wildman–Crippen MR) is 82.2 cm³/mol. The number of hydrogen-bond acceptors (Lipinski definition) is 3. The Balaban J connectivity index is 1.72. The minimum atomic E-state index is -0.414. The second kappa shape index (κ2) is 5.99. The van der Waals surface area contributed by atoms with Gasteiger partial charge in [-0.2, -0.15) is 0 Å². The zero-order valence-corrected chi connectivity index (χ0v) is 12.9. The quantitative estimate of drug-likeness (QED) is 0.933. The van der Waals surface area contributed by atoms with Crippen LogP contribution >= 0.6 is 0 Å². The number of hydrogen-bond donors (Lipinski definition) is 1. The molecule has 2 amide bonds. The van der Waals surface area contributed by atoms with Gasteiger partial charge in [-0.3, -0.25) is 9.69 Å². The highest BCUT2D eigenvalue weighted by Crippen LogP contribution is 2.45. The highest BCUT2D eigenvalue weighted by Gasteiger charge is 2.47. The standard InChI is InChI=1S/C17H22N2O3/c1-22-16(21)19-12-6-5-9-14(19)15(20)18-17(10-11-17)13-7-3-2-4-8-13/h2-4,7-8,14H,5-6,9-12H2,1H3,(H,18,20)/t14-/m1/s1. The van der Waals surface area contributed by atoms with E-state index < -0.39 is 12.1 Å². The van der Waals surface area contributed by atoms with Crippen molar-refractivity contribution in [3.05, 3.63) is 35.9 Å². The van der Waals surface area contributed by atoms with Gasteiger partial charge in [0.25, 0.3) is 0 Å². The number of piperidine rings is 1. The minimum absolute atomic E-state index is 0.0635. The lowest BCUT2D eigenvalue weighted by Gasteiger charge is -2.34. The van der Waals surface area contributed by atoms with Crippen LogP contribution in [0.2, 0.25) is 0 Å². The van der Waals surface area contributed by atoms with E-state index in [1.54, 1.807) is 4.90 Å². The van der Waals surface area contributed by atoms with Crippen LogP contribution in [0.1, 0.15) is 37.7 Å². The number of likely N-dealkylation sites (tertiary alicyclic amines) is 1. The molecule has 1 saturated heterocycles. The summed E-state index contributed by atoms with van der Waals surface area (Å²) >= 11 is 0. The maximum atomic E-state index is 12.7. The second-order valence-corrected chi connectivity index (χ2v) is 6.11. The fourth-order valence-electron chi connectivity index (χ4n) is 3.23. The summed E-state index contributed by atoms with van der Waals surface area (Å²) < 4.78 is 4.81. The van der Waals surface area contributed by atoms with Crippen molar-refractivity contribution < 1.29 is 14.3 Å². The molecule has 1 saturated carbocycles. The van der Waals surface area contributed by atoms with Crippen LogP contribution in [0.25, 0.3) is 0 Å². The SMILES string of the molecule is COC(=O)N1CCCC[C@@H]1C(=O)NC1(c2ccccc2)CC1. The van der Waals surface area contributed by atoms with Crippen molar-refractivity contribution in [2.75, 3.05) is 13.7 Å². The molecule has 1 aromatic rings. The van der Waals surface area contributed by atoms with Crippen LogP contribution in [0.5, 0.6) is 0 Å². The largest absolute Gasteiger partial charge is 0.453 e. The summed E-state index contributed by atoms with van der Waals surface area (Å²) in [6, 6.07) is 9.63. The molecule has 5 heteroatoms. The van der Waals surface area contributed by atoms with E-state index >= 15 is 0 Å². The Bertz CT molecular complexity index is 554. The number of nitrogens with one attached hydrogen (secondary N) is 1. The van der Waals surface area contributed by atoms with Crippen molar-refractivity contribution in [3.63, 3.8) is 0 Å². The molecule has 0 radical (unpaired) electrons. The first-order valence-electron chi connectivity index (χ1n) is 7.88. The van der Waals surface area contributed by atoms with E-state index in [0.29, 0.717) is 13.0 Å². The Morgan fingerprint density at radius 1 is 1.23 bits per heavy atom. The number of methoxy groups -OCH3 is 1. The highest BCUT2D eigenvalue weighted by molar-refractivity contribution is 5.86. The molecule has 22 heavy (non-hydrogen) atoms. The Labute approximate surface area is 130 Å². The minimum Gasteiger partial charge on any atom is -0.453 e. The summed E-state index contributed by atoms with van der Waals surface area (Å²) in [5.41, 5.74) is 0.904. The van der Waals surface area contributed by atoms with E-state index in [2.05, 4.69) is 5.32 Å². The van der Waals surface area contributed by atoms with Gasteiger partial charge in [-0.25, -0.2) is 4.79 Å². The summed E-state index contributed by atoms with van der Waals surface area (Å²) in [6.07, 6.45) is 4.07. The maximum absolute atomic E-state index is 12.7. The van der Waals surface area contributed by atoms with E-state index in [4.69, 9.17) is 4.74 Å². The maximum Gasteiger partial charge on any atom is 0.410 e. The van der Waals surface area contributed by atoms with Gasteiger partial charge in [0.2, 0.25) is 5.91 Å². The van der Waals surface area contributed by atoms with Crippen molar-refractivity contribution >= 4 is 12.0 Å². The molecular weight excluding hydrogens is 280 g/mol. The second-order valence-electron chi connectivity index (χ2n) is 6.11. The molecule has 1 atom stereocenters. The van der Waals surface area contributed by atoms with Gasteiger partial charge in [0, 0.05) is 6.54 Å². The summed E-state index contributed by atoms with van der Waals surface area (Å²) in [5.74, 6) is -0.0635. The van der Waals surface area contributed by atoms with Gasteiger partial charge < -0.3 is 10.1 Å². The molecule has 0 aromatic heterocycles. The third-order valence-corrected chi connectivity index (χ3v) is 4.65. The van der Waals surface area contributed by atoms with Crippen molar-refractivity contribution in [2.24, 2.45) is 0 Å². The van der Waals surface area contributed by atoms with E-state index in [9.17, 15) is 9.59 Å². The molecule has 118 valence electrons. The Morgan fingerprint density at radius 3 is 2.59 bits per heavy atom. The average molecular weight is 302 g/mol. The van der Waals surface area contributed by atoms with Crippen molar-refractivity contribution in [3.8, 4) is 0 Å². The fraction of sp³-hybridized carbons (Fsp3) is 0.529. The van der Waals surface area contributed by atoms with Gasteiger partial charge in [-0.1, -0.05) is 30.3 Å². The first-order valence-corrected chi connectivity index (χ1v) is 7.88. The third-order valence-electron chi connectivity index (χ3n) is 4.65. The molecule has 5 nitrogen and oxygen atoms in total. The summed E-state index contributed by atoms with van der Waals surface area (Å²) in [4.78, 5) is 26.1. The molecule has 2 aliphatic rings. The molecule has 1 heterocycles. The van der Waals surface area contributed by atoms with E-state index in [0.717, 1.165) is 31.2 Å². The molecular formula is C17H22N2O3. The van der Waals surface area contributed by atoms with Crippen molar-refractivity contribution in [1.82, 2.24) is 10.2 Å². The normalized spacial score (nSPS) is 22.8. The Morgan fingerprint density at radius 2 is 1.95 bits per heavy atom. The number of amides is 2. The lowest BCUT2D eigenvalue weighted by Crippen LogP contribution is -2.53. The lowest BCUT2D eigenvalue weighted by molar-refractivity contribution is -0.128. The zero-order valence-electron chi connectivity index (χ0n) is 12.9. The molecule has 2 fully saturated rings. The third kappa shape index (κ3) is 2.80. The zero-order chi connectivity index (χ0) is 15.6. The van der Waals surface area contributed by atoms with Crippen LogP contribution < -0.4 is 5.32 Å². The number of nitrogens with zero attached hydrogens (tertiary/aromatic N) is 1. The summed E-state index contributed by atoms with van der Waals surface area (Å²) in [5, 5.41) is 3.17. The van der Waals surface area contributed by atoms with Crippen LogP contribution in [-0.2, 0) is 15.1 Å². The first kappa shape index (κ1) is 14.9. The molecule has 0 spiro atoms. The van der Waals surface area contributed by atoms with E-state index in [-0.39, 0.29) is 11.4 Å². The summed E-state index contributed by atoms with van der Waals surface area (Å²) in [6.45, 7) is 0.586. The molecule has 3 rings (SSSR count). The van der Waals surface area contributed by atoms with E-state index in [1.807, 2.05) is 30.3 Å². The summed E-state index contributed by atoms with van der Waals surface area (Å²) in [7, 11) is 1.36. The van der Waals surface area contributed by atoms with Gasteiger partial charge in [0.05, 0.1) is 12.6 Å². The highest BCUT2D eigenvalue weighted by atomic mass is 16.5. The fourth-order valence-corrected chi connectivity index (χ4v) is 3.23. The molecule has 0 unspecified atom stereocenters. The topological polar surface area (TPSA) is 58.6 Å². The van der Waals surface area contributed by atoms with Gasteiger partial charge in [-0.05, 0) is 37.7 Å². The Kier molecular flexibility index (Phi) is 4.05. The predicted octanol–water partition coefficient (Wildman–Crippen LogP) is 2.41. The van der Waals surface area contributed by atoms with Crippen LogP contribution in [0, 0.1) is 0 Å². The smallest absolute Gasteiger partial charge is 0.410 e.